The van der Waals surface area contributed by atoms with Gasteiger partial charge in [-0.1, -0.05) is 13.8 Å². The number of nitrogens with two attached hydrogens (primary N) is 1. The molecular weight excluding hydrogens is 279 g/mol. The second-order valence-electron chi connectivity index (χ2n) is 2.79. The van der Waals surface area contributed by atoms with Crippen LogP contribution in [0.5, 0.6) is 0 Å². The first-order valence-electron chi connectivity index (χ1n) is 3.91. The van der Waals surface area contributed by atoms with Gasteiger partial charge in [0.2, 0.25) is 0 Å². The number of nitrogens with one attached hydrogen (secondary N) is 1. The normalized spacial score (nSPS) is 9.67. The van der Waals surface area contributed by atoms with Gasteiger partial charge in [-0.15, -0.1) is 0 Å². The minimum absolute atomic E-state index is 0. The van der Waals surface area contributed by atoms with Gasteiger partial charge in [-0.25, -0.2) is 14.6 Å². The molecule has 12 heteroatoms. The van der Waals surface area contributed by atoms with E-state index in [1.54, 1.807) is 5.32 Å². The second kappa shape index (κ2) is 12.9. The summed E-state index contributed by atoms with van der Waals surface area (Å²) in [6.07, 6.45) is 1.43. The van der Waals surface area contributed by atoms with Crippen molar-refractivity contribution in [3.8, 4) is 0 Å². The summed E-state index contributed by atoms with van der Waals surface area (Å²) in [5.41, 5.74) is 4.65. The first-order valence-corrected chi connectivity index (χ1v) is 5.41. The van der Waals surface area contributed by atoms with Crippen molar-refractivity contribution in [1.82, 2.24) is 11.5 Å². The molecule has 0 saturated carbocycles. The molecular formula is C6H15MgN4O6P. The molecule has 0 rings (SSSR count). The molecule has 102 valence electrons. The summed E-state index contributed by atoms with van der Waals surface area (Å²) in [5.74, 6) is 0.175. The zero-order valence-electron chi connectivity index (χ0n) is 10.0. The maximum absolute atomic E-state index is 10.5. The molecule has 18 heavy (non-hydrogen) atoms. The molecule has 0 radical (unpaired) electrons. The molecule has 0 saturated heterocycles. The minimum atomic E-state index is -5.14. The fourth-order valence-electron chi connectivity index (χ4n) is 0.354. The molecule has 0 fully saturated rings. The molecule has 4 amide bonds. The predicted octanol–water partition coefficient (Wildman–Crippen LogP) is -1.91. The first kappa shape index (κ1) is 26.1. The Morgan fingerprint density at radius 1 is 1.44 bits per heavy atom. The monoisotopic (exact) mass is 294 g/mol. The van der Waals surface area contributed by atoms with Crippen LogP contribution in [0.4, 0.5) is 9.59 Å². The van der Waals surface area contributed by atoms with Gasteiger partial charge in [-0.05, 0) is 5.92 Å². The third kappa shape index (κ3) is 45.2. The number of phosphoric acid groups is 1. The van der Waals surface area contributed by atoms with Crippen LogP contribution in [0.1, 0.15) is 13.8 Å². The topological polar surface area (TPSA) is 203 Å². The van der Waals surface area contributed by atoms with E-state index in [-0.39, 0.29) is 35.1 Å². The Morgan fingerprint density at radius 2 is 1.78 bits per heavy atom. The van der Waals surface area contributed by atoms with Gasteiger partial charge >= 0.3 is 35.1 Å². The molecule has 0 aliphatic rings. The number of nitrogens with zero attached hydrogens (tertiary/aromatic N) is 1. The van der Waals surface area contributed by atoms with E-state index in [1.165, 1.54) is 6.21 Å². The van der Waals surface area contributed by atoms with E-state index in [0.717, 1.165) is 0 Å². The van der Waals surface area contributed by atoms with Crippen LogP contribution in [0.15, 0.2) is 4.99 Å². The number of imide groups is 1. The van der Waals surface area contributed by atoms with Crippen molar-refractivity contribution < 1.29 is 28.8 Å². The summed E-state index contributed by atoms with van der Waals surface area (Å²) >= 11 is 0. The summed E-state index contributed by atoms with van der Waals surface area (Å²) in [6, 6.07) is -1.62. The number of aliphatic imine (C=N–C) groups is 1. The summed E-state index contributed by atoms with van der Waals surface area (Å²) < 4.78 is 8.66. The van der Waals surface area contributed by atoms with Crippen LogP contribution in [0.2, 0.25) is 0 Å². The Morgan fingerprint density at radius 3 is 2.00 bits per heavy atom. The Balaban J connectivity index is -0.000000122. The van der Waals surface area contributed by atoms with Gasteiger partial charge in [0.1, 0.15) is 0 Å². The van der Waals surface area contributed by atoms with Crippen molar-refractivity contribution in [3.05, 3.63) is 0 Å². The van der Waals surface area contributed by atoms with Crippen molar-refractivity contribution in [2.45, 2.75) is 13.8 Å². The predicted molar refractivity (Wildman–Crippen MR) is 62.0 cm³/mol. The van der Waals surface area contributed by atoms with E-state index < -0.39 is 19.9 Å². The van der Waals surface area contributed by atoms with Gasteiger partial charge in [-0.2, -0.15) is 0 Å². The molecule has 0 aromatic carbocycles. The number of urea groups is 2. The van der Waals surface area contributed by atoms with Gasteiger partial charge < -0.3 is 31.1 Å². The van der Waals surface area contributed by atoms with Gasteiger partial charge in [0.25, 0.3) is 0 Å². The average molecular weight is 294 g/mol. The maximum atomic E-state index is 10.5. The third-order valence-electron chi connectivity index (χ3n) is 0.720. The fraction of sp³-hybridized carbons (Fsp3) is 0.500. The molecule has 0 bridgehead atoms. The number of amides is 4. The quantitative estimate of drug-likeness (QED) is 0.245. The third-order valence-corrected chi connectivity index (χ3v) is 0.720. The first-order chi connectivity index (χ1) is 7.02. The van der Waals surface area contributed by atoms with Crippen molar-refractivity contribution in [1.29, 1.82) is 0 Å². The van der Waals surface area contributed by atoms with Crippen LogP contribution in [0.25, 0.3) is 0 Å². The zero-order chi connectivity index (χ0) is 13.4. The van der Waals surface area contributed by atoms with Gasteiger partial charge in [-0.3, -0.25) is 5.32 Å². The summed E-state index contributed by atoms with van der Waals surface area (Å²) in [7, 11) is -5.14. The van der Waals surface area contributed by atoms with E-state index in [0.29, 0.717) is 0 Å². The molecule has 0 aliphatic heterocycles. The number of carbonyl (C=O) groups is 2. The average Bonchev–Trinajstić information content (AvgIpc) is 1.96. The fourth-order valence-corrected chi connectivity index (χ4v) is 0.354. The number of hydrogen-bond acceptors (Lipinski definition) is 6. The molecule has 0 atom stereocenters. The summed E-state index contributed by atoms with van der Waals surface area (Å²) in [5, 5.41) is 1.80. The van der Waals surface area contributed by atoms with E-state index in [1.807, 2.05) is 13.8 Å². The minimum Gasteiger partial charge on any atom is -0.790 e. The number of hydrogen-bond donors (Lipinski definition) is 4. The molecule has 0 heterocycles. The van der Waals surface area contributed by atoms with Crippen molar-refractivity contribution in [2.24, 2.45) is 16.6 Å². The SMILES string of the molecule is CC(C)C=NC(=O)NC(N)=O.N.O=P([O-])([O-])O.[Mg+2]. The Labute approximate surface area is 120 Å². The molecule has 0 spiro atoms. The number of primary amides is 1. The van der Waals surface area contributed by atoms with E-state index in [4.69, 9.17) is 19.2 Å². The van der Waals surface area contributed by atoms with Gasteiger partial charge in [0.05, 0.1) is 7.82 Å². The molecule has 0 aliphatic carbocycles. The van der Waals surface area contributed by atoms with Crippen LogP contribution < -0.4 is 27.0 Å². The van der Waals surface area contributed by atoms with Crippen LogP contribution in [0, 0.1) is 5.92 Å². The molecule has 10 nitrogen and oxygen atoms in total. The largest absolute Gasteiger partial charge is 2.00 e. The second-order valence-corrected chi connectivity index (χ2v) is 3.72. The molecule has 0 aromatic heterocycles. The van der Waals surface area contributed by atoms with Crippen LogP contribution >= 0.6 is 7.82 Å². The number of carbonyl (C=O) groups excluding carboxylic acids is 2. The summed E-state index contributed by atoms with van der Waals surface area (Å²) in [6.45, 7) is 3.72. The van der Waals surface area contributed by atoms with Gasteiger partial charge in [0.15, 0.2) is 0 Å². The van der Waals surface area contributed by atoms with Gasteiger partial charge in [0, 0.05) is 6.21 Å². The smallest absolute Gasteiger partial charge is 0.790 e. The number of rotatable bonds is 1. The molecule has 0 unspecified atom stereocenters. The van der Waals surface area contributed by atoms with Crippen molar-refractivity contribution >= 4 is 49.2 Å². The standard InChI is InChI=1S/C6H11N3O2.Mg.H3N.H3O4P/c1-4(2)3-8-6(11)9-5(7)10;;;1-5(2,3)4/h3-4H,1-2H3,(H3,7,9,10,11);;1H3;(H3,1,2,3,4)/q;+2;;/p-2. The maximum Gasteiger partial charge on any atom is 2.00 e. The van der Waals surface area contributed by atoms with Crippen molar-refractivity contribution in [3.63, 3.8) is 0 Å². The van der Waals surface area contributed by atoms with Crippen molar-refractivity contribution in [2.75, 3.05) is 0 Å². The molecule has 0 aromatic rings. The van der Waals surface area contributed by atoms with E-state index >= 15 is 0 Å². The summed E-state index contributed by atoms with van der Waals surface area (Å²) in [4.78, 5) is 48.3. The van der Waals surface area contributed by atoms with Crippen LogP contribution in [0.3, 0.4) is 0 Å². The Kier molecular flexibility index (Phi) is 18.7. The van der Waals surface area contributed by atoms with E-state index in [9.17, 15) is 9.59 Å². The van der Waals surface area contributed by atoms with Crippen LogP contribution in [-0.2, 0) is 4.57 Å². The Hall–Kier alpha value is -0.554. The molecule has 7 N–H and O–H groups in total. The van der Waals surface area contributed by atoms with Crippen LogP contribution in [-0.4, -0.2) is 46.2 Å². The van der Waals surface area contributed by atoms with E-state index in [2.05, 4.69) is 10.7 Å². The zero-order valence-corrected chi connectivity index (χ0v) is 12.3. The Bertz CT molecular complexity index is 309.